The number of nitrogens with one attached hydrogen (secondary N) is 2. The summed E-state index contributed by atoms with van der Waals surface area (Å²) in [4.78, 5) is 12.3. The van der Waals surface area contributed by atoms with Crippen molar-refractivity contribution in [1.29, 1.82) is 0 Å². The summed E-state index contributed by atoms with van der Waals surface area (Å²) in [7, 11) is 0. The van der Waals surface area contributed by atoms with E-state index in [2.05, 4.69) is 68.3 Å². The number of anilines is 1. The molecular formula is C32H48N2O. The summed E-state index contributed by atoms with van der Waals surface area (Å²) in [6.07, 6.45) is 10.9. The third kappa shape index (κ3) is 10.5. The fourth-order valence-corrected chi connectivity index (χ4v) is 3.72. The van der Waals surface area contributed by atoms with E-state index in [1.807, 2.05) is 38.1 Å². The minimum Gasteiger partial charge on any atom is -0.385 e. The van der Waals surface area contributed by atoms with Crippen LogP contribution in [0.3, 0.4) is 0 Å². The molecule has 3 rings (SSSR count). The van der Waals surface area contributed by atoms with Gasteiger partial charge in [-0.2, -0.15) is 0 Å². The second-order valence-electron chi connectivity index (χ2n) is 8.77. The van der Waals surface area contributed by atoms with Gasteiger partial charge in [-0.1, -0.05) is 96.5 Å². The molecule has 192 valence electrons. The Hall–Kier alpha value is -2.81. The van der Waals surface area contributed by atoms with Gasteiger partial charge in [0.2, 0.25) is 0 Å². The quantitative estimate of drug-likeness (QED) is 0.359. The molecular weight excluding hydrogens is 428 g/mol. The van der Waals surface area contributed by atoms with Crippen molar-refractivity contribution in [2.75, 3.05) is 11.9 Å². The van der Waals surface area contributed by atoms with E-state index >= 15 is 0 Å². The van der Waals surface area contributed by atoms with Gasteiger partial charge in [-0.05, 0) is 73.4 Å². The lowest BCUT2D eigenvalue weighted by Gasteiger charge is -2.19. The van der Waals surface area contributed by atoms with E-state index in [1.165, 1.54) is 43.2 Å². The maximum absolute atomic E-state index is 12.3. The first-order chi connectivity index (χ1) is 17.0. The van der Waals surface area contributed by atoms with Crippen molar-refractivity contribution in [2.45, 2.75) is 92.5 Å². The lowest BCUT2D eigenvalue weighted by Crippen LogP contribution is -2.18. The predicted molar refractivity (Wildman–Crippen MR) is 156 cm³/mol. The van der Waals surface area contributed by atoms with Gasteiger partial charge < -0.3 is 10.6 Å². The molecule has 2 aromatic carbocycles. The number of allylic oxidation sites excluding steroid dienone is 2. The normalized spacial score (nSPS) is 13.1. The maximum atomic E-state index is 12.3. The molecule has 0 aromatic heterocycles. The highest BCUT2D eigenvalue weighted by Gasteiger charge is 2.17. The second-order valence-corrected chi connectivity index (χ2v) is 8.77. The number of hydrogen-bond acceptors (Lipinski definition) is 3. The first kappa shape index (κ1) is 30.2. The molecule has 3 nitrogen and oxygen atoms in total. The number of ketones is 1. The summed E-state index contributed by atoms with van der Waals surface area (Å²) in [5.41, 5.74) is 6.62. The van der Waals surface area contributed by atoms with Crippen LogP contribution in [-0.2, 0) is 4.79 Å². The summed E-state index contributed by atoms with van der Waals surface area (Å²) in [5.74, 6) is 0.104. The summed E-state index contributed by atoms with van der Waals surface area (Å²) >= 11 is 0. The van der Waals surface area contributed by atoms with Gasteiger partial charge in [0.15, 0.2) is 5.78 Å². The van der Waals surface area contributed by atoms with Gasteiger partial charge in [0.25, 0.3) is 0 Å². The molecule has 0 radical (unpaired) electrons. The highest BCUT2D eigenvalue weighted by molar-refractivity contribution is 5.86. The van der Waals surface area contributed by atoms with E-state index in [1.54, 1.807) is 6.92 Å². The lowest BCUT2D eigenvalue weighted by molar-refractivity contribution is -0.117. The van der Waals surface area contributed by atoms with Crippen LogP contribution in [-0.4, -0.2) is 12.3 Å². The summed E-state index contributed by atoms with van der Waals surface area (Å²) in [5, 5.41) is 6.70. The largest absolute Gasteiger partial charge is 0.385 e. The average Bonchev–Trinajstić information content (AvgIpc) is 2.92. The lowest BCUT2D eigenvalue weighted by atomic mass is 9.92. The zero-order chi connectivity index (χ0) is 26.1. The molecule has 1 unspecified atom stereocenters. The summed E-state index contributed by atoms with van der Waals surface area (Å²) in [6.45, 7) is 17.1. The molecule has 0 bridgehead atoms. The van der Waals surface area contributed by atoms with E-state index < -0.39 is 0 Å². The van der Waals surface area contributed by atoms with Crippen LogP contribution in [0.25, 0.3) is 11.3 Å². The molecule has 2 aromatic rings. The van der Waals surface area contributed by atoms with Crippen LogP contribution in [0, 0.1) is 0 Å². The number of rotatable bonds is 10. The molecule has 0 saturated heterocycles. The van der Waals surface area contributed by atoms with E-state index in [4.69, 9.17) is 0 Å². The minimum atomic E-state index is -0.350. The number of carbonyl (C=O) groups is 1. The zero-order valence-electron chi connectivity index (χ0n) is 23.0. The third-order valence-electron chi connectivity index (χ3n) is 5.95. The molecule has 1 aliphatic rings. The van der Waals surface area contributed by atoms with Crippen molar-refractivity contribution in [2.24, 2.45) is 0 Å². The SMILES string of the molecule is C=C(NCCC)c1ccc(NC(C(C)=O)c2ccc(C3=CCCCC3)cc2)cc1.CC.CCCC. The second kappa shape index (κ2) is 17.6. The topological polar surface area (TPSA) is 41.1 Å². The van der Waals surface area contributed by atoms with Crippen LogP contribution in [0.1, 0.15) is 109 Å². The van der Waals surface area contributed by atoms with Crippen LogP contribution < -0.4 is 10.6 Å². The minimum absolute atomic E-state index is 0.104. The van der Waals surface area contributed by atoms with Crippen molar-refractivity contribution in [3.05, 3.63) is 77.9 Å². The standard InChI is InChI=1S/C26H32N2O.C4H10.C2H6/c1-4-18-27-19(2)21-14-16-25(17-15-21)28-26(20(3)29)24-12-10-23(11-13-24)22-8-6-5-7-9-22;1-3-4-2;1-2/h8,10-17,26-28H,2,4-7,9,18H2,1,3H3;3-4H2,1-2H3;1-2H3. The van der Waals surface area contributed by atoms with Gasteiger partial charge in [-0.3, -0.25) is 4.79 Å². The fraction of sp³-hybridized carbons (Fsp3) is 0.469. The van der Waals surface area contributed by atoms with Crippen molar-refractivity contribution in [1.82, 2.24) is 5.32 Å². The average molecular weight is 477 g/mol. The molecule has 3 heteroatoms. The fourth-order valence-electron chi connectivity index (χ4n) is 3.72. The smallest absolute Gasteiger partial charge is 0.156 e. The van der Waals surface area contributed by atoms with Crippen molar-refractivity contribution in [3.8, 4) is 0 Å². The van der Waals surface area contributed by atoms with Crippen LogP contribution in [0.4, 0.5) is 5.69 Å². The van der Waals surface area contributed by atoms with E-state index in [9.17, 15) is 4.79 Å². The van der Waals surface area contributed by atoms with Crippen molar-refractivity contribution < 1.29 is 4.79 Å². The number of carbonyl (C=O) groups excluding carboxylic acids is 1. The number of unbranched alkanes of at least 4 members (excludes halogenated alkanes) is 1. The van der Waals surface area contributed by atoms with Gasteiger partial charge in [-0.15, -0.1) is 0 Å². The molecule has 0 heterocycles. The van der Waals surface area contributed by atoms with Gasteiger partial charge in [0, 0.05) is 17.9 Å². The molecule has 1 atom stereocenters. The molecule has 0 fully saturated rings. The molecule has 35 heavy (non-hydrogen) atoms. The third-order valence-corrected chi connectivity index (χ3v) is 5.95. The monoisotopic (exact) mass is 476 g/mol. The highest BCUT2D eigenvalue weighted by Crippen LogP contribution is 2.28. The van der Waals surface area contributed by atoms with E-state index in [0.717, 1.165) is 41.9 Å². The molecule has 0 saturated carbocycles. The van der Waals surface area contributed by atoms with E-state index in [-0.39, 0.29) is 11.8 Å². The van der Waals surface area contributed by atoms with Gasteiger partial charge in [-0.25, -0.2) is 0 Å². The number of hydrogen-bond donors (Lipinski definition) is 2. The van der Waals surface area contributed by atoms with Gasteiger partial charge in [0.1, 0.15) is 6.04 Å². The molecule has 0 spiro atoms. The Balaban J connectivity index is 0.000000926. The summed E-state index contributed by atoms with van der Waals surface area (Å²) in [6, 6.07) is 16.2. The zero-order valence-corrected chi connectivity index (χ0v) is 23.0. The van der Waals surface area contributed by atoms with Gasteiger partial charge >= 0.3 is 0 Å². The number of Topliss-reactive ketones (excluding diaryl/α,β-unsaturated/α-hetero) is 1. The Morgan fingerprint density at radius 2 is 1.54 bits per heavy atom. The van der Waals surface area contributed by atoms with Crippen molar-refractivity contribution in [3.63, 3.8) is 0 Å². The Morgan fingerprint density at radius 1 is 0.914 bits per heavy atom. The van der Waals surface area contributed by atoms with Crippen molar-refractivity contribution >= 4 is 22.7 Å². The van der Waals surface area contributed by atoms with Crippen LogP contribution >= 0.6 is 0 Å². The van der Waals surface area contributed by atoms with Crippen LogP contribution in [0.15, 0.2) is 61.2 Å². The molecule has 0 aliphatic heterocycles. The summed E-state index contributed by atoms with van der Waals surface area (Å²) < 4.78 is 0. The first-order valence-electron chi connectivity index (χ1n) is 13.6. The highest BCUT2D eigenvalue weighted by atomic mass is 16.1. The van der Waals surface area contributed by atoms with E-state index in [0.29, 0.717) is 0 Å². The first-order valence-corrected chi connectivity index (χ1v) is 13.6. The van der Waals surface area contributed by atoms with Gasteiger partial charge in [0.05, 0.1) is 0 Å². The van der Waals surface area contributed by atoms with Crippen LogP contribution in [0.5, 0.6) is 0 Å². The maximum Gasteiger partial charge on any atom is 0.156 e. The Morgan fingerprint density at radius 3 is 2.03 bits per heavy atom. The number of benzene rings is 2. The van der Waals surface area contributed by atoms with Crippen LogP contribution in [0.2, 0.25) is 0 Å². The Bertz CT molecular complexity index is 892. The molecule has 2 N–H and O–H groups in total. The molecule has 1 aliphatic carbocycles. The predicted octanol–water partition coefficient (Wildman–Crippen LogP) is 9.19. The Labute approximate surface area is 215 Å². The Kier molecular flexibility index (Phi) is 15.2. The molecule has 0 amide bonds.